The Morgan fingerprint density at radius 2 is 2.11 bits per heavy atom. The number of hydrogen-bond acceptors (Lipinski definition) is 8. The number of nitrogens with two attached hydrogens (primary N) is 1. The molecule has 0 amide bonds. The summed E-state index contributed by atoms with van der Waals surface area (Å²) in [5, 5.41) is 3.12. The molecule has 1 saturated heterocycles. The van der Waals surface area contributed by atoms with E-state index in [-0.39, 0.29) is 12.0 Å². The van der Waals surface area contributed by atoms with Gasteiger partial charge in [0.05, 0.1) is 20.3 Å². The molecule has 1 aliphatic heterocycles. The van der Waals surface area contributed by atoms with E-state index >= 15 is 0 Å². The van der Waals surface area contributed by atoms with Gasteiger partial charge in [-0.25, -0.2) is 0 Å². The standard InChI is InChI=1S/C11H20N6O2/c1-18-11-15-9(12)14-10(16-11)13-3-2-4-17-5-7-19-8-6-17/h2-8H2,1H3,(H3,12,13,14,15,16). The van der Waals surface area contributed by atoms with Gasteiger partial charge in [0.25, 0.3) is 0 Å². The van der Waals surface area contributed by atoms with Crippen LogP contribution in [0.3, 0.4) is 0 Å². The number of nitrogen functional groups attached to an aromatic ring is 1. The van der Waals surface area contributed by atoms with Crippen molar-refractivity contribution < 1.29 is 9.47 Å². The van der Waals surface area contributed by atoms with E-state index in [1.807, 2.05) is 0 Å². The molecule has 0 saturated carbocycles. The molecule has 0 aliphatic carbocycles. The summed E-state index contributed by atoms with van der Waals surface area (Å²) < 4.78 is 10.2. The highest BCUT2D eigenvalue weighted by atomic mass is 16.5. The molecular weight excluding hydrogens is 248 g/mol. The van der Waals surface area contributed by atoms with Crippen LogP contribution >= 0.6 is 0 Å². The Balaban J connectivity index is 1.71. The third kappa shape index (κ3) is 4.49. The highest BCUT2D eigenvalue weighted by molar-refractivity contribution is 5.32. The van der Waals surface area contributed by atoms with Gasteiger partial charge in [-0.2, -0.15) is 15.0 Å². The summed E-state index contributed by atoms with van der Waals surface area (Å²) in [4.78, 5) is 14.3. The quantitative estimate of drug-likeness (QED) is 0.672. The number of aromatic nitrogens is 3. The van der Waals surface area contributed by atoms with Crippen molar-refractivity contribution in [1.82, 2.24) is 19.9 Å². The van der Waals surface area contributed by atoms with Crippen molar-refractivity contribution in [3.8, 4) is 6.01 Å². The largest absolute Gasteiger partial charge is 0.467 e. The first-order valence-electron chi connectivity index (χ1n) is 6.37. The molecule has 8 nitrogen and oxygen atoms in total. The van der Waals surface area contributed by atoms with Crippen molar-refractivity contribution in [1.29, 1.82) is 0 Å². The monoisotopic (exact) mass is 268 g/mol. The Labute approximate surface area is 112 Å². The van der Waals surface area contributed by atoms with Crippen LogP contribution in [0.2, 0.25) is 0 Å². The lowest BCUT2D eigenvalue weighted by Crippen LogP contribution is -2.37. The van der Waals surface area contributed by atoms with Crippen LogP contribution in [0.1, 0.15) is 6.42 Å². The number of hydrogen-bond donors (Lipinski definition) is 2. The summed E-state index contributed by atoms with van der Waals surface area (Å²) in [6, 6.07) is 0.225. The van der Waals surface area contributed by atoms with Gasteiger partial charge >= 0.3 is 6.01 Å². The fourth-order valence-corrected chi connectivity index (χ4v) is 1.87. The first-order valence-corrected chi connectivity index (χ1v) is 6.37. The minimum absolute atomic E-state index is 0.155. The minimum atomic E-state index is 0.155. The van der Waals surface area contributed by atoms with Crippen LogP contribution < -0.4 is 15.8 Å². The molecule has 1 fully saturated rings. The van der Waals surface area contributed by atoms with Gasteiger partial charge in [-0.15, -0.1) is 0 Å². The predicted octanol–water partition coefficient (Wildman–Crippen LogP) is -0.403. The average Bonchev–Trinajstić information content (AvgIpc) is 2.44. The lowest BCUT2D eigenvalue weighted by molar-refractivity contribution is 0.0378. The molecule has 0 atom stereocenters. The van der Waals surface area contributed by atoms with Crippen molar-refractivity contribution in [2.24, 2.45) is 0 Å². The molecule has 8 heteroatoms. The molecule has 3 N–H and O–H groups in total. The van der Waals surface area contributed by atoms with Gasteiger partial charge in [-0.05, 0) is 13.0 Å². The zero-order valence-corrected chi connectivity index (χ0v) is 11.1. The number of nitrogens with one attached hydrogen (secondary N) is 1. The van der Waals surface area contributed by atoms with Gasteiger partial charge < -0.3 is 20.5 Å². The zero-order valence-electron chi connectivity index (χ0n) is 11.1. The van der Waals surface area contributed by atoms with Gasteiger partial charge in [-0.3, -0.25) is 4.90 Å². The van der Waals surface area contributed by atoms with Crippen LogP contribution in [0.15, 0.2) is 0 Å². The highest BCUT2D eigenvalue weighted by Gasteiger charge is 2.09. The normalized spacial score (nSPS) is 16.3. The molecule has 106 valence electrons. The van der Waals surface area contributed by atoms with Crippen LogP contribution in [0, 0.1) is 0 Å². The summed E-state index contributed by atoms with van der Waals surface area (Å²) in [7, 11) is 1.50. The maximum atomic E-state index is 5.55. The number of anilines is 2. The Kier molecular flexibility index (Phi) is 5.10. The Bertz CT molecular complexity index is 397. The van der Waals surface area contributed by atoms with Gasteiger partial charge in [0.1, 0.15) is 0 Å². The molecule has 0 unspecified atom stereocenters. The average molecular weight is 268 g/mol. The lowest BCUT2D eigenvalue weighted by Gasteiger charge is -2.26. The van der Waals surface area contributed by atoms with Gasteiger partial charge in [0.2, 0.25) is 11.9 Å². The summed E-state index contributed by atoms with van der Waals surface area (Å²) in [6.07, 6.45) is 1.01. The molecule has 1 aliphatic rings. The van der Waals surface area contributed by atoms with Crippen molar-refractivity contribution in [2.75, 3.05) is 57.6 Å². The molecule has 1 aromatic rings. The van der Waals surface area contributed by atoms with Gasteiger partial charge in [-0.1, -0.05) is 0 Å². The smallest absolute Gasteiger partial charge is 0.322 e. The van der Waals surface area contributed by atoms with E-state index in [9.17, 15) is 0 Å². The van der Waals surface area contributed by atoms with Crippen LogP contribution in [-0.2, 0) is 4.74 Å². The first kappa shape index (κ1) is 13.8. The second-order valence-electron chi connectivity index (χ2n) is 4.24. The number of morpholine rings is 1. The molecule has 1 aromatic heterocycles. The zero-order chi connectivity index (χ0) is 13.5. The third-order valence-corrected chi connectivity index (χ3v) is 2.85. The van der Waals surface area contributed by atoms with E-state index < -0.39 is 0 Å². The van der Waals surface area contributed by atoms with E-state index in [4.69, 9.17) is 15.2 Å². The molecule has 0 spiro atoms. The second-order valence-corrected chi connectivity index (χ2v) is 4.24. The Morgan fingerprint density at radius 3 is 2.84 bits per heavy atom. The van der Waals surface area contributed by atoms with Crippen LogP contribution in [0.25, 0.3) is 0 Å². The molecule has 0 radical (unpaired) electrons. The molecule has 2 heterocycles. The van der Waals surface area contributed by atoms with Crippen molar-refractivity contribution in [3.05, 3.63) is 0 Å². The van der Waals surface area contributed by atoms with Gasteiger partial charge in [0, 0.05) is 19.6 Å². The summed E-state index contributed by atoms with van der Waals surface area (Å²) in [5.41, 5.74) is 5.55. The Morgan fingerprint density at radius 1 is 1.32 bits per heavy atom. The highest BCUT2D eigenvalue weighted by Crippen LogP contribution is 2.08. The fraction of sp³-hybridized carbons (Fsp3) is 0.727. The SMILES string of the molecule is COc1nc(N)nc(NCCCN2CCOCC2)n1. The number of ether oxygens (including phenoxy) is 2. The number of methoxy groups -OCH3 is 1. The van der Waals surface area contributed by atoms with Crippen LogP contribution in [-0.4, -0.2) is 66.4 Å². The molecule has 0 bridgehead atoms. The van der Waals surface area contributed by atoms with Gasteiger partial charge in [0.15, 0.2) is 0 Å². The third-order valence-electron chi connectivity index (χ3n) is 2.85. The maximum absolute atomic E-state index is 5.55. The van der Waals surface area contributed by atoms with Crippen LogP contribution in [0.5, 0.6) is 6.01 Å². The molecule has 19 heavy (non-hydrogen) atoms. The molecule has 2 rings (SSSR count). The summed E-state index contributed by atoms with van der Waals surface area (Å²) >= 11 is 0. The fourth-order valence-electron chi connectivity index (χ4n) is 1.87. The van der Waals surface area contributed by atoms with Crippen molar-refractivity contribution in [2.45, 2.75) is 6.42 Å². The summed E-state index contributed by atoms with van der Waals surface area (Å²) in [6.45, 7) is 5.49. The van der Waals surface area contributed by atoms with E-state index in [0.29, 0.717) is 5.95 Å². The molecule has 0 aromatic carbocycles. The number of nitrogens with zero attached hydrogens (tertiary/aromatic N) is 4. The number of rotatable bonds is 6. The second kappa shape index (κ2) is 7.05. The summed E-state index contributed by atoms with van der Waals surface area (Å²) in [5.74, 6) is 0.605. The predicted molar refractivity (Wildman–Crippen MR) is 71.2 cm³/mol. The maximum Gasteiger partial charge on any atom is 0.322 e. The first-order chi connectivity index (χ1) is 9.28. The lowest BCUT2D eigenvalue weighted by atomic mass is 10.3. The van der Waals surface area contributed by atoms with Crippen LogP contribution in [0.4, 0.5) is 11.9 Å². The van der Waals surface area contributed by atoms with E-state index in [1.165, 1.54) is 7.11 Å². The molecular formula is C11H20N6O2. The van der Waals surface area contributed by atoms with Crippen molar-refractivity contribution >= 4 is 11.9 Å². The minimum Gasteiger partial charge on any atom is -0.467 e. The van der Waals surface area contributed by atoms with Crippen molar-refractivity contribution in [3.63, 3.8) is 0 Å². The van der Waals surface area contributed by atoms with E-state index in [2.05, 4.69) is 25.2 Å². The topological polar surface area (TPSA) is 98.4 Å². The Hall–Kier alpha value is -1.67. The van der Waals surface area contributed by atoms with E-state index in [0.717, 1.165) is 45.8 Å². The van der Waals surface area contributed by atoms with E-state index in [1.54, 1.807) is 0 Å².